The van der Waals surface area contributed by atoms with E-state index in [2.05, 4.69) is 9.88 Å². The summed E-state index contributed by atoms with van der Waals surface area (Å²) >= 11 is 0. The Morgan fingerprint density at radius 3 is 2.50 bits per heavy atom. The second-order valence-electron chi connectivity index (χ2n) is 7.95. The molecule has 1 aromatic heterocycles. The third kappa shape index (κ3) is 4.24. The molecular formula is C22H24F4N2O2. The second kappa shape index (κ2) is 8.06. The number of alkyl halides is 3. The molecule has 1 fully saturated rings. The van der Waals surface area contributed by atoms with Gasteiger partial charge in [-0.05, 0) is 62.9 Å². The Hall–Kier alpha value is -2.35. The number of halogens is 4. The number of piperidine rings is 1. The number of aryl methyl sites for hydroxylation is 1. The number of likely N-dealkylation sites (tertiary alicyclic amines) is 1. The minimum atomic E-state index is -4.48. The monoisotopic (exact) mass is 424 g/mol. The van der Waals surface area contributed by atoms with Crippen LogP contribution in [0.1, 0.15) is 54.2 Å². The lowest BCUT2D eigenvalue weighted by Crippen LogP contribution is -2.36. The van der Waals surface area contributed by atoms with Crippen molar-refractivity contribution in [3.05, 3.63) is 52.6 Å². The molecule has 30 heavy (non-hydrogen) atoms. The molecule has 0 unspecified atom stereocenters. The first kappa shape index (κ1) is 20.9. The molecule has 162 valence electrons. The number of hydrogen-bond acceptors (Lipinski definition) is 4. The molecular weight excluding hydrogens is 400 g/mol. The molecule has 0 radical (unpaired) electrons. The quantitative estimate of drug-likeness (QED) is 0.630. The second-order valence-corrected chi connectivity index (χ2v) is 7.95. The zero-order chi connectivity index (χ0) is 21.5. The van der Waals surface area contributed by atoms with Gasteiger partial charge in [0.15, 0.2) is 11.5 Å². The molecule has 4 nitrogen and oxygen atoms in total. The Morgan fingerprint density at radius 2 is 1.80 bits per heavy atom. The average molecular weight is 424 g/mol. The van der Waals surface area contributed by atoms with Crippen molar-refractivity contribution in [3.63, 3.8) is 0 Å². The van der Waals surface area contributed by atoms with E-state index in [0.29, 0.717) is 48.1 Å². The molecule has 0 N–H and O–H groups in total. The van der Waals surface area contributed by atoms with Gasteiger partial charge in [0.1, 0.15) is 24.7 Å². The third-order valence-electron chi connectivity index (χ3n) is 5.85. The number of aromatic nitrogens is 1. The first-order valence-corrected chi connectivity index (χ1v) is 10.1. The van der Waals surface area contributed by atoms with Gasteiger partial charge in [0.25, 0.3) is 0 Å². The number of rotatable bonds is 3. The minimum Gasteiger partial charge on any atom is -0.486 e. The topological polar surface area (TPSA) is 34.6 Å². The Labute approximate surface area is 172 Å². The smallest absolute Gasteiger partial charge is 0.433 e. The molecule has 0 amide bonds. The van der Waals surface area contributed by atoms with Gasteiger partial charge in [-0.3, -0.25) is 4.90 Å². The molecule has 1 aromatic carbocycles. The summed E-state index contributed by atoms with van der Waals surface area (Å²) in [5.74, 6) is 0.494. The summed E-state index contributed by atoms with van der Waals surface area (Å²) in [6.45, 7) is 5.60. The minimum absolute atomic E-state index is 0.0655. The first-order valence-electron chi connectivity index (χ1n) is 10.1. The molecule has 1 saturated heterocycles. The lowest BCUT2D eigenvalue weighted by Gasteiger charge is -2.37. The summed E-state index contributed by atoms with van der Waals surface area (Å²) in [5, 5.41) is 0. The van der Waals surface area contributed by atoms with E-state index in [0.717, 1.165) is 25.5 Å². The largest absolute Gasteiger partial charge is 0.486 e. The molecule has 0 saturated carbocycles. The van der Waals surface area contributed by atoms with E-state index in [1.165, 1.54) is 6.07 Å². The van der Waals surface area contributed by atoms with Gasteiger partial charge in [0.05, 0.1) is 0 Å². The molecule has 0 aliphatic carbocycles. The highest BCUT2D eigenvalue weighted by atomic mass is 19.4. The van der Waals surface area contributed by atoms with Gasteiger partial charge in [-0.25, -0.2) is 9.37 Å². The summed E-state index contributed by atoms with van der Waals surface area (Å²) in [5.41, 5.74) is 0.625. The van der Waals surface area contributed by atoms with Crippen LogP contribution in [0.2, 0.25) is 0 Å². The fourth-order valence-corrected chi connectivity index (χ4v) is 4.30. The summed E-state index contributed by atoms with van der Waals surface area (Å²) < 4.78 is 65.3. The third-order valence-corrected chi connectivity index (χ3v) is 5.85. The molecule has 3 heterocycles. The van der Waals surface area contributed by atoms with Crippen LogP contribution in [-0.2, 0) is 6.18 Å². The molecule has 2 aliphatic rings. The first-order chi connectivity index (χ1) is 14.2. The van der Waals surface area contributed by atoms with Crippen LogP contribution in [0.3, 0.4) is 0 Å². The molecule has 0 spiro atoms. The summed E-state index contributed by atoms with van der Waals surface area (Å²) in [6, 6.07) is 5.66. The number of fused-ring (bicyclic) bond motifs is 1. The highest BCUT2D eigenvalue weighted by Crippen LogP contribution is 2.39. The van der Waals surface area contributed by atoms with Crippen LogP contribution in [0.5, 0.6) is 11.5 Å². The van der Waals surface area contributed by atoms with Crippen molar-refractivity contribution in [1.82, 2.24) is 9.88 Å². The van der Waals surface area contributed by atoms with Gasteiger partial charge < -0.3 is 9.47 Å². The Balaban J connectivity index is 1.57. The summed E-state index contributed by atoms with van der Waals surface area (Å²) in [7, 11) is 0. The maximum Gasteiger partial charge on any atom is 0.433 e. The van der Waals surface area contributed by atoms with Gasteiger partial charge in [-0.1, -0.05) is 0 Å². The molecule has 2 aromatic rings. The van der Waals surface area contributed by atoms with E-state index >= 15 is 0 Å². The number of ether oxygens (including phenoxy) is 2. The Bertz CT molecular complexity index is 932. The van der Waals surface area contributed by atoms with Crippen molar-refractivity contribution in [3.8, 4) is 11.5 Å². The standard InChI is InChI=1S/C22H24F4N2O2/c1-13-8-16(9-21(27-13)22(24,25)26)15-4-3-5-28(12-15)14(2)17-10-19-20(11-18(17)23)30-7-6-29-19/h8-11,14-15H,3-7,12H2,1-2H3/t14-,15+/m0/s1. The summed E-state index contributed by atoms with van der Waals surface area (Å²) in [4.78, 5) is 5.76. The Kier molecular flexibility index (Phi) is 5.61. The lowest BCUT2D eigenvalue weighted by atomic mass is 9.88. The molecule has 4 rings (SSSR count). The molecule has 8 heteroatoms. The van der Waals surface area contributed by atoms with Gasteiger partial charge in [-0.15, -0.1) is 0 Å². The van der Waals surface area contributed by atoms with E-state index < -0.39 is 11.9 Å². The van der Waals surface area contributed by atoms with Gasteiger partial charge in [0, 0.05) is 29.9 Å². The van der Waals surface area contributed by atoms with Crippen molar-refractivity contribution in [2.24, 2.45) is 0 Å². The van der Waals surface area contributed by atoms with Gasteiger partial charge in [0.2, 0.25) is 0 Å². The molecule has 2 atom stereocenters. The van der Waals surface area contributed by atoms with E-state index in [4.69, 9.17) is 9.47 Å². The van der Waals surface area contributed by atoms with Crippen LogP contribution in [0.25, 0.3) is 0 Å². The highest BCUT2D eigenvalue weighted by Gasteiger charge is 2.34. The zero-order valence-corrected chi connectivity index (χ0v) is 16.9. The molecule has 2 aliphatic heterocycles. The van der Waals surface area contributed by atoms with E-state index in [1.54, 1.807) is 19.1 Å². The number of nitrogens with zero attached hydrogens (tertiary/aromatic N) is 2. The Morgan fingerprint density at radius 1 is 1.10 bits per heavy atom. The maximum atomic E-state index is 14.7. The van der Waals surface area contributed by atoms with Crippen LogP contribution < -0.4 is 9.47 Å². The normalized spacial score (nSPS) is 20.8. The lowest BCUT2D eigenvalue weighted by molar-refractivity contribution is -0.141. The van der Waals surface area contributed by atoms with Gasteiger partial charge >= 0.3 is 6.18 Å². The maximum absolute atomic E-state index is 14.7. The highest BCUT2D eigenvalue weighted by molar-refractivity contribution is 5.45. The average Bonchev–Trinajstić information content (AvgIpc) is 2.72. The van der Waals surface area contributed by atoms with Crippen molar-refractivity contribution < 1.29 is 27.0 Å². The van der Waals surface area contributed by atoms with Crippen LogP contribution in [0, 0.1) is 12.7 Å². The van der Waals surface area contributed by atoms with E-state index in [1.807, 2.05) is 6.92 Å². The van der Waals surface area contributed by atoms with Crippen LogP contribution in [0.15, 0.2) is 24.3 Å². The van der Waals surface area contributed by atoms with Crippen molar-refractivity contribution in [1.29, 1.82) is 0 Å². The fourth-order valence-electron chi connectivity index (χ4n) is 4.30. The van der Waals surface area contributed by atoms with E-state index in [9.17, 15) is 17.6 Å². The van der Waals surface area contributed by atoms with Gasteiger partial charge in [-0.2, -0.15) is 13.2 Å². The van der Waals surface area contributed by atoms with Crippen LogP contribution in [0.4, 0.5) is 17.6 Å². The SMILES string of the molecule is Cc1cc([C@@H]2CCCN([C@@H](C)c3cc4c(cc3F)OCCO4)C2)cc(C(F)(F)F)n1. The number of benzene rings is 1. The predicted octanol–water partition coefficient (Wildman–Crippen LogP) is 5.26. The number of hydrogen-bond donors (Lipinski definition) is 0. The van der Waals surface area contributed by atoms with Crippen LogP contribution in [-0.4, -0.2) is 36.2 Å². The van der Waals surface area contributed by atoms with Crippen molar-refractivity contribution in [2.75, 3.05) is 26.3 Å². The van der Waals surface area contributed by atoms with E-state index in [-0.39, 0.29) is 17.8 Å². The zero-order valence-electron chi connectivity index (χ0n) is 16.9. The van der Waals surface area contributed by atoms with Crippen LogP contribution >= 0.6 is 0 Å². The van der Waals surface area contributed by atoms with Crippen molar-refractivity contribution in [2.45, 2.75) is 44.8 Å². The number of pyridine rings is 1. The van der Waals surface area contributed by atoms with Crippen molar-refractivity contribution >= 4 is 0 Å². The fraction of sp³-hybridized carbons (Fsp3) is 0.500. The predicted molar refractivity (Wildman–Crippen MR) is 103 cm³/mol. The molecule has 0 bridgehead atoms. The summed E-state index contributed by atoms with van der Waals surface area (Å²) in [6.07, 6.45) is -2.87.